The summed E-state index contributed by atoms with van der Waals surface area (Å²) >= 11 is 2.83. The maximum atomic E-state index is 12.4. The number of thioether (sulfide) groups is 2. The van der Waals surface area contributed by atoms with Crippen molar-refractivity contribution in [1.82, 2.24) is 0 Å². The summed E-state index contributed by atoms with van der Waals surface area (Å²) in [4.78, 5) is 27.5. The van der Waals surface area contributed by atoms with Gasteiger partial charge in [0, 0.05) is 18.3 Å². The number of aryl methyl sites for hydroxylation is 1. The van der Waals surface area contributed by atoms with Crippen LogP contribution in [0.5, 0.6) is 0 Å². The van der Waals surface area contributed by atoms with Crippen LogP contribution >= 0.6 is 23.5 Å². The van der Waals surface area contributed by atoms with Crippen molar-refractivity contribution in [2.24, 2.45) is 5.10 Å². The van der Waals surface area contributed by atoms with Crippen LogP contribution in [0.15, 0.2) is 70.3 Å². The summed E-state index contributed by atoms with van der Waals surface area (Å²) in [6, 6.07) is 17.9. The minimum Gasteiger partial charge on any atom is -0.301 e. The molecule has 0 unspecified atom stereocenters. The molecule has 2 heterocycles. The van der Waals surface area contributed by atoms with Crippen molar-refractivity contribution in [3.63, 3.8) is 0 Å². The second kappa shape index (κ2) is 7.39. The van der Waals surface area contributed by atoms with E-state index >= 15 is 0 Å². The Hall–Kier alpha value is -2.51. The summed E-state index contributed by atoms with van der Waals surface area (Å²) in [5.41, 5.74) is 3.78. The van der Waals surface area contributed by atoms with E-state index < -0.39 is 4.33 Å². The van der Waals surface area contributed by atoms with Crippen molar-refractivity contribution in [2.45, 2.75) is 32.0 Å². The molecule has 2 aromatic rings. The van der Waals surface area contributed by atoms with E-state index in [1.807, 2.05) is 73.5 Å². The number of Topliss-reactive ketones (excluding diaryl/α,β-unsaturated/α-hetero) is 2. The molecule has 1 spiro atoms. The van der Waals surface area contributed by atoms with Gasteiger partial charge in [-0.2, -0.15) is 5.10 Å². The SMILES string of the molecule is CC(=O)C1=NN(c2cccc(C)c2)[C@@]2(S1)SC(C(C)=O)=C(C)N2c1ccccc1. The number of anilines is 2. The van der Waals surface area contributed by atoms with Crippen LogP contribution in [-0.2, 0) is 9.59 Å². The van der Waals surface area contributed by atoms with Gasteiger partial charge in [0.25, 0.3) is 0 Å². The first-order valence-corrected chi connectivity index (χ1v) is 10.9. The molecule has 1 atom stereocenters. The average molecular weight is 424 g/mol. The fourth-order valence-corrected chi connectivity index (χ4v) is 6.45. The van der Waals surface area contributed by atoms with E-state index in [4.69, 9.17) is 5.10 Å². The standard InChI is InChI=1S/C22H21N3O2S2/c1-14-9-8-12-19(13-14)25-22(29-21(23-25)17(4)27)24(18-10-6-5-7-11-18)15(2)20(28-22)16(3)26/h5-13H,1-4H3/t22-/m1/s1. The summed E-state index contributed by atoms with van der Waals surface area (Å²) in [6.07, 6.45) is 0. The van der Waals surface area contributed by atoms with Crippen LogP contribution in [0, 0.1) is 6.92 Å². The van der Waals surface area contributed by atoms with Crippen LogP contribution in [-0.4, -0.2) is 20.9 Å². The lowest BCUT2D eigenvalue weighted by Gasteiger charge is -2.41. The molecule has 0 aliphatic carbocycles. The van der Waals surface area contributed by atoms with Gasteiger partial charge in [-0.25, -0.2) is 5.01 Å². The van der Waals surface area contributed by atoms with Gasteiger partial charge >= 0.3 is 0 Å². The molecule has 7 heteroatoms. The third kappa shape index (κ3) is 3.28. The molecule has 2 aliphatic heterocycles. The van der Waals surface area contributed by atoms with Gasteiger partial charge in [-0.15, -0.1) is 0 Å². The largest absolute Gasteiger partial charge is 0.301 e. The van der Waals surface area contributed by atoms with E-state index in [1.54, 1.807) is 6.92 Å². The highest BCUT2D eigenvalue weighted by atomic mass is 32.2. The summed E-state index contributed by atoms with van der Waals surface area (Å²) in [6.45, 7) is 7.08. The van der Waals surface area contributed by atoms with Gasteiger partial charge in [0.2, 0.25) is 4.33 Å². The van der Waals surface area contributed by atoms with Crippen molar-refractivity contribution in [3.05, 3.63) is 70.8 Å². The number of ketones is 2. The molecule has 29 heavy (non-hydrogen) atoms. The smallest absolute Gasteiger partial charge is 0.245 e. The quantitative estimate of drug-likeness (QED) is 0.679. The van der Waals surface area contributed by atoms with Gasteiger partial charge in [-0.1, -0.05) is 42.1 Å². The number of nitrogens with zero attached hydrogens (tertiary/aromatic N) is 3. The molecule has 4 rings (SSSR count). The van der Waals surface area contributed by atoms with Crippen LogP contribution in [0.1, 0.15) is 26.3 Å². The molecule has 0 saturated heterocycles. The Bertz CT molecular complexity index is 1060. The summed E-state index contributed by atoms with van der Waals surface area (Å²) in [7, 11) is 0. The van der Waals surface area contributed by atoms with Crippen LogP contribution in [0.2, 0.25) is 0 Å². The number of carbonyl (C=O) groups is 2. The van der Waals surface area contributed by atoms with Gasteiger partial charge in [0.15, 0.2) is 16.6 Å². The molecule has 0 radical (unpaired) electrons. The molecule has 0 N–H and O–H groups in total. The highest BCUT2D eigenvalue weighted by Gasteiger charge is 2.57. The second-order valence-electron chi connectivity index (χ2n) is 7.01. The third-order valence-electron chi connectivity index (χ3n) is 4.75. The third-order valence-corrected chi connectivity index (χ3v) is 7.84. The predicted octanol–water partition coefficient (Wildman–Crippen LogP) is 5.14. The molecule has 0 amide bonds. The van der Waals surface area contributed by atoms with Crippen LogP contribution in [0.25, 0.3) is 0 Å². The lowest BCUT2D eigenvalue weighted by atomic mass is 10.2. The first kappa shape index (κ1) is 19.8. The van der Waals surface area contributed by atoms with Crippen molar-refractivity contribution in [3.8, 4) is 0 Å². The Kier molecular flexibility index (Phi) is 5.04. The van der Waals surface area contributed by atoms with E-state index in [0.717, 1.165) is 22.6 Å². The van der Waals surface area contributed by atoms with Crippen molar-refractivity contribution in [1.29, 1.82) is 0 Å². The second-order valence-corrected chi connectivity index (χ2v) is 9.61. The fraction of sp³-hybridized carbons (Fsp3) is 0.227. The van der Waals surface area contributed by atoms with E-state index in [0.29, 0.717) is 9.95 Å². The fourth-order valence-electron chi connectivity index (χ4n) is 3.50. The summed E-state index contributed by atoms with van der Waals surface area (Å²) < 4.78 is -0.818. The monoisotopic (exact) mass is 423 g/mol. The number of allylic oxidation sites excluding steroid dienone is 2. The van der Waals surface area contributed by atoms with Gasteiger partial charge in [0.1, 0.15) is 0 Å². The van der Waals surface area contributed by atoms with Gasteiger partial charge in [0.05, 0.1) is 10.6 Å². The Morgan fingerprint density at radius 1 is 0.897 bits per heavy atom. The van der Waals surface area contributed by atoms with Crippen molar-refractivity contribution >= 4 is 51.5 Å². The summed E-state index contributed by atoms with van der Waals surface area (Å²) in [5.74, 6) is -0.0848. The maximum absolute atomic E-state index is 12.4. The number of hydrazone groups is 1. The first-order chi connectivity index (χ1) is 13.8. The summed E-state index contributed by atoms with van der Waals surface area (Å²) in [5, 5.41) is 7.00. The highest BCUT2D eigenvalue weighted by molar-refractivity contribution is 8.29. The molecular formula is C22H21N3O2S2. The molecule has 0 bridgehead atoms. The number of rotatable bonds is 4. The predicted molar refractivity (Wildman–Crippen MR) is 122 cm³/mol. The zero-order chi connectivity index (χ0) is 20.8. The number of carbonyl (C=O) groups excluding carboxylic acids is 2. The number of benzene rings is 2. The Morgan fingerprint density at radius 3 is 2.21 bits per heavy atom. The minimum absolute atomic E-state index is 0.00590. The lowest BCUT2D eigenvalue weighted by Crippen LogP contribution is -2.49. The van der Waals surface area contributed by atoms with Gasteiger partial charge in [-0.05, 0) is 62.4 Å². The molecule has 2 aromatic carbocycles. The molecule has 148 valence electrons. The zero-order valence-electron chi connectivity index (χ0n) is 16.7. The Balaban J connectivity index is 1.93. The van der Waals surface area contributed by atoms with Gasteiger partial charge in [-0.3, -0.25) is 9.59 Å². The zero-order valence-corrected chi connectivity index (χ0v) is 18.3. The van der Waals surface area contributed by atoms with Crippen molar-refractivity contribution in [2.75, 3.05) is 9.91 Å². The highest BCUT2D eigenvalue weighted by Crippen LogP contribution is 2.60. The van der Waals surface area contributed by atoms with Crippen LogP contribution in [0.3, 0.4) is 0 Å². The molecule has 5 nitrogen and oxygen atoms in total. The molecule has 0 saturated carbocycles. The maximum Gasteiger partial charge on any atom is 0.245 e. The molecular weight excluding hydrogens is 402 g/mol. The van der Waals surface area contributed by atoms with Gasteiger partial charge < -0.3 is 4.90 Å². The molecule has 0 aromatic heterocycles. The topological polar surface area (TPSA) is 53.0 Å². The average Bonchev–Trinajstić information content (AvgIpc) is 3.21. The molecule has 0 fully saturated rings. The number of hydrogen-bond donors (Lipinski definition) is 0. The number of hydrogen-bond acceptors (Lipinski definition) is 7. The lowest BCUT2D eigenvalue weighted by molar-refractivity contribution is -0.113. The van der Waals surface area contributed by atoms with E-state index in [-0.39, 0.29) is 11.6 Å². The Labute approximate surface area is 178 Å². The van der Waals surface area contributed by atoms with E-state index in [2.05, 4.69) is 4.90 Å². The number of para-hydroxylation sites is 1. The normalized spacial score (nSPS) is 21.2. The van der Waals surface area contributed by atoms with E-state index in [1.165, 1.54) is 30.4 Å². The van der Waals surface area contributed by atoms with E-state index in [9.17, 15) is 9.59 Å². The first-order valence-electron chi connectivity index (χ1n) is 9.25. The minimum atomic E-state index is -0.818. The molecule has 2 aliphatic rings. The Morgan fingerprint density at radius 2 is 1.59 bits per heavy atom. The van der Waals surface area contributed by atoms with Crippen molar-refractivity contribution < 1.29 is 9.59 Å². The van der Waals surface area contributed by atoms with Crippen LogP contribution in [0.4, 0.5) is 11.4 Å². The van der Waals surface area contributed by atoms with Crippen LogP contribution < -0.4 is 9.91 Å².